The number of rotatable bonds is 4. The lowest BCUT2D eigenvalue weighted by molar-refractivity contribution is 0.639. The lowest BCUT2D eigenvalue weighted by atomic mass is 9.78. The summed E-state index contributed by atoms with van der Waals surface area (Å²) in [5.74, 6) is 1.67. The predicted molar refractivity (Wildman–Crippen MR) is 119 cm³/mol. The first-order valence-corrected chi connectivity index (χ1v) is 10.8. The first kappa shape index (κ1) is 18.4. The van der Waals surface area contributed by atoms with E-state index in [0.29, 0.717) is 5.92 Å². The highest BCUT2D eigenvalue weighted by molar-refractivity contribution is 5.52. The van der Waals surface area contributed by atoms with Crippen LogP contribution in [-0.2, 0) is 18.4 Å². The predicted octanol–water partition coefficient (Wildman–Crippen LogP) is 5.55. The molecule has 29 heavy (non-hydrogen) atoms. The van der Waals surface area contributed by atoms with Gasteiger partial charge in [0.05, 0.1) is 12.2 Å². The molecule has 3 nitrogen and oxygen atoms in total. The molecule has 0 N–H and O–H groups in total. The first-order valence-electron chi connectivity index (χ1n) is 10.8. The van der Waals surface area contributed by atoms with E-state index in [4.69, 9.17) is 4.98 Å². The van der Waals surface area contributed by atoms with Gasteiger partial charge in [0, 0.05) is 29.8 Å². The van der Waals surface area contributed by atoms with Crippen molar-refractivity contribution in [2.75, 3.05) is 11.4 Å². The van der Waals surface area contributed by atoms with Crippen molar-refractivity contribution in [1.29, 1.82) is 0 Å². The Morgan fingerprint density at radius 1 is 0.931 bits per heavy atom. The zero-order valence-electron chi connectivity index (χ0n) is 17.7. The summed E-state index contributed by atoms with van der Waals surface area (Å²) in [6.07, 6.45) is 5.60. The standard InChI is InChI=1S/C26H29N3/c1-18-4-8-21(9-5-18)26(2,3)22-10-12-23(13-11-22)29-15-14-20-16-27-25(19-6-7-19)28-24(20)17-29/h4-5,8-13,16,19H,6-7,14-15,17H2,1-3H3. The summed E-state index contributed by atoms with van der Waals surface area (Å²) in [6.45, 7) is 8.67. The zero-order valence-corrected chi connectivity index (χ0v) is 17.7. The average Bonchev–Trinajstić information content (AvgIpc) is 3.59. The maximum absolute atomic E-state index is 4.90. The van der Waals surface area contributed by atoms with Crippen LogP contribution in [0.25, 0.3) is 0 Å². The van der Waals surface area contributed by atoms with Gasteiger partial charge < -0.3 is 4.90 Å². The summed E-state index contributed by atoms with van der Waals surface area (Å²) in [7, 11) is 0. The van der Waals surface area contributed by atoms with Crippen LogP contribution in [0, 0.1) is 6.92 Å². The van der Waals surface area contributed by atoms with E-state index < -0.39 is 0 Å². The molecule has 0 radical (unpaired) electrons. The summed E-state index contributed by atoms with van der Waals surface area (Å²) in [5, 5.41) is 0. The molecule has 5 rings (SSSR count). The van der Waals surface area contributed by atoms with E-state index in [-0.39, 0.29) is 5.41 Å². The molecule has 0 amide bonds. The Balaban J connectivity index is 1.36. The van der Waals surface area contributed by atoms with Crippen LogP contribution in [0.5, 0.6) is 0 Å². The van der Waals surface area contributed by atoms with Crippen molar-refractivity contribution in [2.45, 2.75) is 57.9 Å². The molecule has 1 fully saturated rings. The molecular formula is C26H29N3. The van der Waals surface area contributed by atoms with E-state index in [1.54, 1.807) is 0 Å². The third kappa shape index (κ3) is 3.55. The molecule has 0 spiro atoms. The van der Waals surface area contributed by atoms with Crippen molar-refractivity contribution in [3.05, 3.63) is 88.5 Å². The molecule has 1 aliphatic carbocycles. The van der Waals surface area contributed by atoms with E-state index in [1.807, 2.05) is 0 Å². The minimum atomic E-state index is -0.00683. The lowest BCUT2D eigenvalue weighted by Crippen LogP contribution is -2.31. The van der Waals surface area contributed by atoms with Crippen molar-refractivity contribution < 1.29 is 0 Å². The monoisotopic (exact) mass is 383 g/mol. The number of aryl methyl sites for hydroxylation is 1. The molecule has 0 atom stereocenters. The van der Waals surface area contributed by atoms with Crippen molar-refractivity contribution >= 4 is 5.69 Å². The fourth-order valence-electron chi connectivity index (χ4n) is 4.30. The van der Waals surface area contributed by atoms with Gasteiger partial charge >= 0.3 is 0 Å². The van der Waals surface area contributed by atoms with Gasteiger partial charge in [0.1, 0.15) is 5.82 Å². The Morgan fingerprint density at radius 2 is 1.59 bits per heavy atom. The summed E-state index contributed by atoms with van der Waals surface area (Å²) in [6, 6.07) is 18.0. The van der Waals surface area contributed by atoms with Gasteiger partial charge in [-0.2, -0.15) is 0 Å². The summed E-state index contributed by atoms with van der Waals surface area (Å²) in [4.78, 5) is 11.9. The SMILES string of the molecule is Cc1ccc(C(C)(C)c2ccc(N3CCc4cnc(C5CC5)nc4C3)cc2)cc1. The van der Waals surface area contributed by atoms with E-state index >= 15 is 0 Å². The van der Waals surface area contributed by atoms with E-state index in [0.717, 1.165) is 25.3 Å². The smallest absolute Gasteiger partial charge is 0.131 e. The van der Waals surface area contributed by atoms with E-state index in [1.165, 1.54) is 46.5 Å². The number of benzene rings is 2. The highest BCUT2D eigenvalue weighted by Crippen LogP contribution is 2.38. The summed E-state index contributed by atoms with van der Waals surface area (Å²) in [5.41, 5.74) is 7.82. The molecule has 1 aliphatic heterocycles. The zero-order chi connectivity index (χ0) is 20.0. The highest BCUT2D eigenvalue weighted by Gasteiger charge is 2.28. The van der Waals surface area contributed by atoms with Crippen molar-refractivity contribution in [3.8, 4) is 0 Å². The number of aromatic nitrogens is 2. The van der Waals surface area contributed by atoms with Gasteiger partial charge in [0.25, 0.3) is 0 Å². The van der Waals surface area contributed by atoms with Gasteiger partial charge in [-0.1, -0.05) is 55.8 Å². The molecule has 2 aromatic carbocycles. The third-order valence-corrected chi connectivity index (χ3v) is 6.63. The van der Waals surface area contributed by atoms with Crippen molar-refractivity contribution in [1.82, 2.24) is 9.97 Å². The molecule has 1 aromatic heterocycles. The first-order chi connectivity index (χ1) is 14.0. The number of anilines is 1. The summed E-state index contributed by atoms with van der Waals surface area (Å²) >= 11 is 0. The largest absolute Gasteiger partial charge is 0.365 e. The number of hydrogen-bond donors (Lipinski definition) is 0. The molecule has 3 aromatic rings. The average molecular weight is 384 g/mol. The van der Waals surface area contributed by atoms with Crippen LogP contribution < -0.4 is 4.90 Å². The lowest BCUT2D eigenvalue weighted by Gasteiger charge is -2.31. The maximum Gasteiger partial charge on any atom is 0.131 e. The molecule has 1 saturated carbocycles. The molecule has 0 unspecified atom stereocenters. The number of hydrogen-bond acceptors (Lipinski definition) is 3. The second-order valence-corrected chi connectivity index (χ2v) is 9.18. The van der Waals surface area contributed by atoms with E-state index in [2.05, 4.69) is 85.4 Å². The van der Waals surface area contributed by atoms with Crippen LogP contribution >= 0.6 is 0 Å². The maximum atomic E-state index is 4.90. The highest BCUT2D eigenvalue weighted by atomic mass is 15.1. The van der Waals surface area contributed by atoms with Crippen LogP contribution in [0.15, 0.2) is 54.7 Å². The fourth-order valence-corrected chi connectivity index (χ4v) is 4.30. The van der Waals surface area contributed by atoms with Crippen LogP contribution in [0.1, 0.15) is 66.4 Å². The molecule has 2 heterocycles. The Kier molecular flexibility index (Phi) is 4.42. The van der Waals surface area contributed by atoms with Gasteiger partial charge in [-0.05, 0) is 55.0 Å². The second-order valence-electron chi connectivity index (χ2n) is 9.18. The van der Waals surface area contributed by atoms with Crippen LogP contribution in [-0.4, -0.2) is 16.5 Å². The van der Waals surface area contributed by atoms with Gasteiger partial charge in [0.2, 0.25) is 0 Å². The molecule has 2 aliphatic rings. The van der Waals surface area contributed by atoms with Crippen LogP contribution in [0.4, 0.5) is 5.69 Å². The normalized spacial score (nSPS) is 16.6. The minimum absolute atomic E-state index is 0.00683. The Bertz CT molecular complexity index is 1010. The summed E-state index contributed by atoms with van der Waals surface area (Å²) < 4.78 is 0. The molecular weight excluding hydrogens is 354 g/mol. The van der Waals surface area contributed by atoms with Gasteiger partial charge in [-0.15, -0.1) is 0 Å². The van der Waals surface area contributed by atoms with Crippen molar-refractivity contribution in [3.63, 3.8) is 0 Å². The number of fused-ring (bicyclic) bond motifs is 1. The third-order valence-electron chi connectivity index (χ3n) is 6.63. The fraction of sp³-hybridized carbons (Fsp3) is 0.385. The Hall–Kier alpha value is -2.68. The van der Waals surface area contributed by atoms with Gasteiger partial charge in [-0.25, -0.2) is 9.97 Å². The topological polar surface area (TPSA) is 29.0 Å². The van der Waals surface area contributed by atoms with Crippen molar-refractivity contribution in [2.24, 2.45) is 0 Å². The van der Waals surface area contributed by atoms with Gasteiger partial charge in [-0.3, -0.25) is 0 Å². The quantitative estimate of drug-likeness (QED) is 0.591. The molecule has 3 heteroatoms. The van der Waals surface area contributed by atoms with E-state index in [9.17, 15) is 0 Å². The minimum Gasteiger partial charge on any atom is -0.365 e. The Labute approximate surface area is 173 Å². The molecule has 0 bridgehead atoms. The molecule has 148 valence electrons. The van der Waals surface area contributed by atoms with Gasteiger partial charge in [0.15, 0.2) is 0 Å². The number of nitrogens with zero attached hydrogens (tertiary/aromatic N) is 3. The molecule has 0 saturated heterocycles. The Morgan fingerprint density at radius 3 is 2.24 bits per heavy atom. The van der Waals surface area contributed by atoms with Crippen LogP contribution in [0.2, 0.25) is 0 Å². The second kappa shape index (κ2) is 6.98. The van der Waals surface area contributed by atoms with Crippen LogP contribution in [0.3, 0.4) is 0 Å².